The molecule has 94 valence electrons. The van der Waals surface area contributed by atoms with Crippen molar-refractivity contribution in [1.82, 2.24) is 0 Å². The Morgan fingerprint density at radius 2 is 2.00 bits per heavy atom. The third-order valence-corrected chi connectivity index (χ3v) is 2.87. The molecule has 2 atom stereocenters. The number of hydrogen-bond acceptors (Lipinski definition) is 3. The molecular weight excluding hydrogens is 216 g/mol. The van der Waals surface area contributed by atoms with Gasteiger partial charge < -0.3 is 4.74 Å². The number of Topliss-reactive ketones (excluding diaryl/α,β-unsaturated/α-hetero) is 1. The Morgan fingerprint density at radius 1 is 1.41 bits per heavy atom. The van der Waals surface area contributed by atoms with Crippen molar-refractivity contribution < 1.29 is 14.3 Å². The van der Waals surface area contributed by atoms with Crippen LogP contribution in [0.4, 0.5) is 0 Å². The molecule has 0 amide bonds. The molecule has 0 heterocycles. The van der Waals surface area contributed by atoms with Gasteiger partial charge in [0, 0.05) is 18.3 Å². The summed E-state index contributed by atoms with van der Waals surface area (Å²) in [6.07, 6.45) is 7.44. The molecule has 1 saturated carbocycles. The quantitative estimate of drug-likeness (QED) is 0.558. The van der Waals surface area contributed by atoms with E-state index in [-0.39, 0.29) is 30.0 Å². The van der Waals surface area contributed by atoms with Gasteiger partial charge in [-0.05, 0) is 33.6 Å². The summed E-state index contributed by atoms with van der Waals surface area (Å²) in [6, 6.07) is 0. The van der Waals surface area contributed by atoms with Gasteiger partial charge in [0.15, 0.2) is 0 Å². The zero-order valence-electron chi connectivity index (χ0n) is 10.8. The number of esters is 1. The summed E-state index contributed by atoms with van der Waals surface area (Å²) in [7, 11) is 0. The van der Waals surface area contributed by atoms with Crippen molar-refractivity contribution in [3.63, 3.8) is 0 Å². The molecule has 1 aliphatic rings. The van der Waals surface area contributed by atoms with Gasteiger partial charge in [-0.25, -0.2) is 0 Å². The molecule has 0 saturated heterocycles. The van der Waals surface area contributed by atoms with Gasteiger partial charge in [0.25, 0.3) is 0 Å². The van der Waals surface area contributed by atoms with E-state index in [0.29, 0.717) is 6.42 Å². The SMILES string of the molecule is C#CCC1CCC(CC(=O)OC(C)(C)C)C1=O. The molecule has 3 heteroatoms. The summed E-state index contributed by atoms with van der Waals surface area (Å²) in [4.78, 5) is 23.5. The highest BCUT2D eigenvalue weighted by molar-refractivity contribution is 5.89. The fourth-order valence-corrected chi connectivity index (χ4v) is 2.15. The fourth-order valence-electron chi connectivity index (χ4n) is 2.15. The summed E-state index contributed by atoms with van der Waals surface area (Å²) in [5.41, 5.74) is -0.489. The fraction of sp³-hybridized carbons (Fsp3) is 0.714. The van der Waals surface area contributed by atoms with Crippen LogP contribution in [-0.2, 0) is 14.3 Å². The van der Waals surface area contributed by atoms with Crippen molar-refractivity contribution in [3.05, 3.63) is 0 Å². The van der Waals surface area contributed by atoms with E-state index in [1.165, 1.54) is 0 Å². The maximum Gasteiger partial charge on any atom is 0.307 e. The normalized spacial score (nSPS) is 24.5. The van der Waals surface area contributed by atoms with Crippen molar-refractivity contribution in [2.24, 2.45) is 11.8 Å². The van der Waals surface area contributed by atoms with Gasteiger partial charge in [0.05, 0.1) is 6.42 Å². The van der Waals surface area contributed by atoms with Gasteiger partial charge in [-0.2, -0.15) is 0 Å². The Balaban J connectivity index is 2.47. The predicted molar refractivity (Wildman–Crippen MR) is 65.1 cm³/mol. The van der Waals surface area contributed by atoms with Crippen molar-refractivity contribution in [3.8, 4) is 12.3 Å². The summed E-state index contributed by atoms with van der Waals surface area (Å²) >= 11 is 0. The van der Waals surface area contributed by atoms with E-state index in [1.807, 2.05) is 20.8 Å². The minimum Gasteiger partial charge on any atom is -0.460 e. The van der Waals surface area contributed by atoms with E-state index in [4.69, 9.17) is 11.2 Å². The van der Waals surface area contributed by atoms with Crippen molar-refractivity contribution in [1.29, 1.82) is 0 Å². The molecule has 0 aromatic heterocycles. The van der Waals surface area contributed by atoms with Crippen LogP contribution in [0.2, 0.25) is 0 Å². The molecule has 3 nitrogen and oxygen atoms in total. The molecule has 0 aromatic rings. The predicted octanol–water partition coefficient (Wildman–Crippen LogP) is 2.34. The average Bonchev–Trinajstić information content (AvgIpc) is 2.47. The van der Waals surface area contributed by atoms with Crippen LogP contribution in [0.15, 0.2) is 0 Å². The van der Waals surface area contributed by atoms with Crippen LogP contribution in [0.5, 0.6) is 0 Å². The number of hydrogen-bond donors (Lipinski definition) is 0. The minimum absolute atomic E-state index is 0.0487. The van der Waals surface area contributed by atoms with Crippen LogP contribution in [-0.4, -0.2) is 17.4 Å². The maximum atomic E-state index is 11.9. The third-order valence-electron chi connectivity index (χ3n) is 2.87. The van der Waals surface area contributed by atoms with Crippen LogP contribution in [0, 0.1) is 24.2 Å². The molecule has 0 spiro atoms. The lowest BCUT2D eigenvalue weighted by Gasteiger charge is -2.20. The van der Waals surface area contributed by atoms with Crippen LogP contribution in [0.3, 0.4) is 0 Å². The van der Waals surface area contributed by atoms with E-state index in [1.54, 1.807) is 0 Å². The Bertz CT molecular complexity index is 343. The number of carbonyl (C=O) groups is 2. The van der Waals surface area contributed by atoms with E-state index in [9.17, 15) is 9.59 Å². The summed E-state index contributed by atoms with van der Waals surface area (Å²) in [5.74, 6) is 2.11. The molecule has 1 fully saturated rings. The van der Waals surface area contributed by atoms with Gasteiger partial charge in [0.2, 0.25) is 0 Å². The van der Waals surface area contributed by atoms with Crippen LogP contribution < -0.4 is 0 Å². The maximum absolute atomic E-state index is 11.9. The van der Waals surface area contributed by atoms with Gasteiger partial charge in [-0.15, -0.1) is 12.3 Å². The van der Waals surface area contributed by atoms with E-state index in [0.717, 1.165) is 12.8 Å². The lowest BCUT2D eigenvalue weighted by Crippen LogP contribution is -2.26. The summed E-state index contributed by atoms with van der Waals surface area (Å²) < 4.78 is 5.21. The highest BCUT2D eigenvalue weighted by Crippen LogP contribution is 2.32. The Kier molecular flexibility index (Phi) is 4.34. The van der Waals surface area contributed by atoms with Crippen LogP contribution in [0.25, 0.3) is 0 Å². The first-order chi connectivity index (χ1) is 7.83. The first-order valence-corrected chi connectivity index (χ1v) is 6.02. The van der Waals surface area contributed by atoms with Crippen LogP contribution >= 0.6 is 0 Å². The highest BCUT2D eigenvalue weighted by atomic mass is 16.6. The summed E-state index contributed by atoms with van der Waals surface area (Å²) in [6.45, 7) is 5.47. The number of ether oxygens (including phenoxy) is 1. The van der Waals surface area contributed by atoms with Crippen molar-refractivity contribution in [2.45, 2.75) is 52.1 Å². The Labute approximate surface area is 103 Å². The largest absolute Gasteiger partial charge is 0.460 e. The first-order valence-electron chi connectivity index (χ1n) is 6.02. The third kappa shape index (κ3) is 4.22. The molecule has 2 unspecified atom stereocenters. The lowest BCUT2D eigenvalue weighted by atomic mass is 9.98. The molecule has 1 rings (SSSR count). The number of rotatable bonds is 3. The molecule has 1 aliphatic carbocycles. The van der Waals surface area contributed by atoms with Crippen molar-refractivity contribution in [2.75, 3.05) is 0 Å². The zero-order valence-corrected chi connectivity index (χ0v) is 10.8. The highest BCUT2D eigenvalue weighted by Gasteiger charge is 2.35. The second-order valence-corrected chi connectivity index (χ2v) is 5.57. The van der Waals surface area contributed by atoms with Gasteiger partial charge in [-0.1, -0.05) is 0 Å². The molecule has 0 N–H and O–H groups in total. The minimum atomic E-state index is -0.489. The Hall–Kier alpha value is -1.30. The second-order valence-electron chi connectivity index (χ2n) is 5.57. The molecular formula is C14H20O3. The van der Waals surface area contributed by atoms with Gasteiger partial charge in [-0.3, -0.25) is 9.59 Å². The lowest BCUT2D eigenvalue weighted by molar-refractivity contribution is -0.157. The molecule has 0 bridgehead atoms. The first kappa shape index (κ1) is 13.8. The molecule has 0 aliphatic heterocycles. The van der Waals surface area contributed by atoms with E-state index < -0.39 is 5.60 Å². The zero-order chi connectivity index (χ0) is 13.1. The van der Waals surface area contributed by atoms with Gasteiger partial charge >= 0.3 is 5.97 Å². The Morgan fingerprint density at radius 3 is 2.53 bits per heavy atom. The molecule has 0 radical (unpaired) electrons. The molecule has 0 aromatic carbocycles. The topological polar surface area (TPSA) is 43.4 Å². The van der Waals surface area contributed by atoms with Crippen LogP contribution in [0.1, 0.15) is 46.5 Å². The number of terminal acetylenes is 1. The average molecular weight is 236 g/mol. The summed E-state index contributed by atoms with van der Waals surface area (Å²) in [5, 5.41) is 0. The van der Waals surface area contributed by atoms with Crippen molar-refractivity contribution >= 4 is 11.8 Å². The van der Waals surface area contributed by atoms with E-state index in [2.05, 4.69) is 5.92 Å². The monoisotopic (exact) mass is 236 g/mol. The number of carbonyl (C=O) groups excluding carboxylic acids is 2. The molecule has 17 heavy (non-hydrogen) atoms. The standard InChI is InChI=1S/C14H20O3/c1-5-6-10-7-8-11(13(10)16)9-12(15)17-14(2,3)4/h1,10-11H,6-9H2,2-4H3. The number of ketones is 1. The second kappa shape index (κ2) is 5.35. The van der Waals surface area contributed by atoms with E-state index >= 15 is 0 Å². The van der Waals surface area contributed by atoms with Gasteiger partial charge in [0.1, 0.15) is 11.4 Å². The smallest absolute Gasteiger partial charge is 0.307 e.